The van der Waals surface area contributed by atoms with Crippen molar-refractivity contribution in [2.75, 3.05) is 31.1 Å². The number of hydrazone groups is 1. The molecule has 35 heavy (non-hydrogen) atoms. The van der Waals surface area contributed by atoms with Crippen molar-refractivity contribution < 1.29 is 18.7 Å². The largest absolute Gasteiger partial charge is 0.388 e. The van der Waals surface area contributed by atoms with E-state index in [9.17, 15) is 18.7 Å². The maximum absolute atomic E-state index is 14.5. The van der Waals surface area contributed by atoms with Gasteiger partial charge in [0, 0.05) is 52.1 Å². The summed E-state index contributed by atoms with van der Waals surface area (Å²) in [5.74, 6) is -0.500. The number of aromatic nitrogens is 6. The lowest BCUT2D eigenvalue weighted by atomic mass is 10.1. The van der Waals surface area contributed by atoms with Gasteiger partial charge in [-0.15, -0.1) is 0 Å². The van der Waals surface area contributed by atoms with Gasteiger partial charge in [0.1, 0.15) is 18.1 Å². The first-order valence-electron chi connectivity index (χ1n) is 10.9. The van der Waals surface area contributed by atoms with Gasteiger partial charge in [0.05, 0.1) is 18.4 Å². The molecule has 0 bridgehead atoms. The predicted octanol–water partition coefficient (Wildman–Crippen LogP) is 1.11. The number of carbonyl (C=O) groups excluding carboxylic acids is 1. The van der Waals surface area contributed by atoms with Crippen LogP contribution in [-0.2, 0) is 13.7 Å². The molecule has 5 rings (SSSR count). The van der Waals surface area contributed by atoms with Crippen molar-refractivity contribution in [1.82, 2.24) is 39.6 Å². The molecular weight excluding hydrogens is 462 g/mol. The van der Waals surface area contributed by atoms with E-state index >= 15 is 0 Å². The van der Waals surface area contributed by atoms with Crippen LogP contribution in [0.1, 0.15) is 23.9 Å². The normalized spacial score (nSPS) is 17.9. The van der Waals surface area contributed by atoms with Crippen LogP contribution in [0.2, 0.25) is 0 Å². The molecule has 0 unspecified atom stereocenters. The first-order valence-corrected chi connectivity index (χ1v) is 10.9. The predicted molar refractivity (Wildman–Crippen MR) is 119 cm³/mol. The minimum Gasteiger partial charge on any atom is -0.388 e. The van der Waals surface area contributed by atoms with Gasteiger partial charge in [0.25, 0.3) is 0 Å². The van der Waals surface area contributed by atoms with Crippen molar-refractivity contribution in [2.45, 2.75) is 19.1 Å². The van der Waals surface area contributed by atoms with Crippen LogP contribution in [0.15, 0.2) is 29.8 Å². The van der Waals surface area contributed by atoms with Gasteiger partial charge in [-0.3, -0.25) is 4.98 Å². The molecule has 2 aliphatic heterocycles. The van der Waals surface area contributed by atoms with Gasteiger partial charge in [0.15, 0.2) is 17.5 Å². The number of carbonyl (C=O) groups is 1. The Morgan fingerprint density at radius 2 is 1.94 bits per heavy atom. The van der Waals surface area contributed by atoms with Crippen LogP contribution in [0.3, 0.4) is 0 Å². The number of aliphatic hydroxyl groups is 1. The molecular formula is C21H22F2N10O2. The van der Waals surface area contributed by atoms with Crippen LogP contribution < -0.4 is 4.90 Å². The molecule has 0 spiro atoms. The summed E-state index contributed by atoms with van der Waals surface area (Å²) in [6.07, 6.45) is 5.82. The third-order valence-corrected chi connectivity index (χ3v) is 5.86. The molecule has 0 aliphatic carbocycles. The maximum Gasteiger partial charge on any atom is 0.341 e. The van der Waals surface area contributed by atoms with E-state index in [1.54, 1.807) is 18.2 Å². The number of hydrogen-bond donors (Lipinski definition) is 1. The molecule has 3 aromatic heterocycles. The quantitative estimate of drug-likeness (QED) is 0.583. The van der Waals surface area contributed by atoms with E-state index in [4.69, 9.17) is 0 Å². The molecule has 182 valence electrons. The minimum absolute atomic E-state index is 0.0267. The highest BCUT2D eigenvalue weighted by atomic mass is 19.1. The van der Waals surface area contributed by atoms with E-state index in [2.05, 4.69) is 30.1 Å². The summed E-state index contributed by atoms with van der Waals surface area (Å²) in [6.45, 7) is 1.20. The number of hydrogen-bond acceptors (Lipinski definition) is 9. The summed E-state index contributed by atoms with van der Waals surface area (Å²) in [6, 6.07) is 0.653. The van der Waals surface area contributed by atoms with Crippen LogP contribution in [-0.4, -0.2) is 83.2 Å². The monoisotopic (exact) mass is 484 g/mol. The lowest BCUT2D eigenvalue weighted by Crippen LogP contribution is -2.52. The van der Waals surface area contributed by atoms with Crippen molar-refractivity contribution in [2.24, 2.45) is 12.1 Å². The van der Waals surface area contributed by atoms with E-state index in [-0.39, 0.29) is 30.0 Å². The van der Waals surface area contributed by atoms with Gasteiger partial charge >= 0.3 is 6.03 Å². The summed E-state index contributed by atoms with van der Waals surface area (Å²) >= 11 is 0. The maximum atomic E-state index is 14.5. The Balaban J connectivity index is 1.28. The van der Waals surface area contributed by atoms with Gasteiger partial charge in [-0.05, 0) is 11.6 Å². The zero-order valence-electron chi connectivity index (χ0n) is 18.8. The fourth-order valence-corrected chi connectivity index (χ4v) is 4.11. The van der Waals surface area contributed by atoms with Crippen molar-refractivity contribution in [1.29, 1.82) is 0 Å². The number of aliphatic hydroxyl groups excluding tert-OH is 1. The number of urea groups is 1. The van der Waals surface area contributed by atoms with E-state index in [0.717, 1.165) is 12.4 Å². The molecule has 0 saturated carbocycles. The summed E-state index contributed by atoms with van der Waals surface area (Å²) < 4.78 is 29.4. The van der Waals surface area contributed by atoms with Crippen molar-refractivity contribution in [3.63, 3.8) is 0 Å². The molecule has 14 heteroatoms. The molecule has 0 aromatic carbocycles. The lowest BCUT2D eigenvalue weighted by molar-refractivity contribution is 0.139. The first-order chi connectivity index (χ1) is 16.9. The van der Waals surface area contributed by atoms with Crippen molar-refractivity contribution in [3.05, 3.63) is 47.7 Å². The van der Waals surface area contributed by atoms with E-state index in [1.807, 2.05) is 4.90 Å². The Hall–Kier alpha value is -4.07. The Kier molecular flexibility index (Phi) is 6.03. The van der Waals surface area contributed by atoms with E-state index in [0.29, 0.717) is 44.1 Å². The summed E-state index contributed by atoms with van der Waals surface area (Å²) in [4.78, 5) is 33.1. The fraction of sp³-hybridized carbons (Fsp3) is 0.381. The molecule has 12 nitrogen and oxygen atoms in total. The highest BCUT2D eigenvalue weighted by Crippen LogP contribution is 2.29. The number of amides is 2. The number of aryl methyl sites for hydroxylation is 1. The van der Waals surface area contributed by atoms with Gasteiger partial charge in [-0.25, -0.2) is 38.2 Å². The van der Waals surface area contributed by atoms with Gasteiger partial charge in [0.2, 0.25) is 5.95 Å². The lowest BCUT2D eigenvalue weighted by Gasteiger charge is -2.37. The van der Waals surface area contributed by atoms with E-state index in [1.165, 1.54) is 22.0 Å². The number of pyridine rings is 1. The SMILES string of the molecule is Cn1nc(CO)nc1-c1nc(N2CCN(C(=O)N3N=CC[C@H]3c3cncc(F)c3)CC2)ncc1F. The van der Waals surface area contributed by atoms with Gasteiger partial charge < -0.3 is 14.9 Å². The molecule has 2 amide bonds. The summed E-state index contributed by atoms with van der Waals surface area (Å²) in [5.41, 5.74) is 0.552. The standard InChI is InChI=1S/C21H22F2N10O2/c1-30-19(27-17(12-34)29-30)18-15(23)11-25-20(28-18)31-4-6-32(7-5-31)21(35)33-16(2-3-26-33)13-8-14(22)10-24-9-13/h3,8-11,16,34H,2,4-7,12H2,1H3/t16-/m0/s1. The summed E-state index contributed by atoms with van der Waals surface area (Å²) in [7, 11) is 1.58. The molecule has 1 atom stereocenters. The van der Waals surface area contributed by atoms with Crippen molar-refractivity contribution >= 4 is 18.2 Å². The Bertz CT molecular complexity index is 1270. The summed E-state index contributed by atoms with van der Waals surface area (Å²) in [5, 5.41) is 18.8. The average molecular weight is 484 g/mol. The second-order valence-corrected chi connectivity index (χ2v) is 8.09. The molecule has 3 aromatic rings. The highest BCUT2D eigenvalue weighted by molar-refractivity contribution is 5.78. The third-order valence-electron chi connectivity index (χ3n) is 5.86. The minimum atomic E-state index is -0.660. The number of anilines is 1. The molecule has 5 heterocycles. The van der Waals surface area contributed by atoms with Gasteiger partial charge in [-0.2, -0.15) is 10.2 Å². The van der Waals surface area contributed by atoms with Crippen LogP contribution in [0.5, 0.6) is 0 Å². The second-order valence-electron chi connectivity index (χ2n) is 8.09. The van der Waals surface area contributed by atoms with Crippen LogP contribution in [0.4, 0.5) is 19.5 Å². The molecule has 0 radical (unpaired) electrons. The highest BCUT2D eigenvalue weighted by Gasteiger charge is 2.34. The molecule has 1 saturated heterocycles. The number of piperazine rings is 1. The number of nitrogens with zero attached hydrogens (tertiary/aromatic N) is 10. The fourth-order valence-electron chi connectivity index (χ4n) is 4.11. The number of rotatable bonds is 4. The Morgan fingerprint density at radius 3 is 2.66 bits per heavy atom. The van der Waals surface area contributed by atoms with Gasteiger partial charge in [-0.1, -0.05) is 0 Å². The zero-order valence-corrected chi connectivity index (χ0v) is 18.8. The van der Waals surface area contributed by atoms with E-state index < -0.39 is 17.7 Å². The Morgan fingerprint density at radius 1 is 1.14 bits per heavy atom. The third kappa shape index (κ3) is 4.39. The zero-order chi connectivity index (χ0) is 24.5. The molecule has 1 fully saturated rings. The van der Waals surface area contributed by atoms with Crippen LogP contribution in [0, 0.1) is 11.6 Å². The molecule has 2 aliphatic rings. The van der Waals surface area contributed by atoms with Crippen molar-refractivity contribution in [3.8, 4) is 11.5 Å². The van der Waals surface area contributed by atoms with Crippen LogP contribution >= 0.6 is 0 Å². The number of halogens is 2. The topological polar surface area (TPSA) is 129 Å². The van der Waals surface area contributed by atoms with Crippen LogP contribution in [0.25, 0.3) is 11.5 Å². The smallest absolute Gasteiger partial charge is 0.341 e. The first kappa shape index (κ1) is 22.7. The average Bonchev–Trinajstić information content (AvgIpc) is 3.51. The molecule has 1 N–H and O–H groups in total. The Labute approximate surface area is 198 Å². The second kappa shape index (κ2) is 9.29.